The van der Waals surface area contributed by atoms with Crippen LogP contribution in [-0.2, 0) is 19.6 Å². The fraction of sp³-hybridized carbons (Fsp3) is 0.529. The Labute approximate surface area is 148 Å². The third kappa shape index (κ3) is 5.54. The summed E-state index contributed by atoms with van der Waals surface area (Å²) >= 11 is 0. The van der Waals surface area contributed by atoms with Gasteiger partial charge in [0, 0.05) is 18.5 Å². The molecule has 7 nitrogen and oxygen atoms in total. The van der Waals surface area contributed by atoms with Crippen molar-refractivity contribution < 1.29 is 22.7 Å². The van der Waals surface area contributed by atoms with Crippen LogP contribution in [-0.4, -0.2) is 50.4 Å². The Hall–Kier alpha value is -1.93. The van der Waals surface area contributed by atoms with Crippen molar-refractivity contribution in [2.45, 2.75) is 44.0 Å². The lowest BCUT2D eigenvalue weighted by Crippen LogP contribution is -2.40. The monoisotopic (exact) mass is 368 g/mol. The quantitative estimate of drug-likeness (QED) is 0.769. The first kappa shape index (κ1) is 19.4. The Kier molecular flexibility index (Phi) is 5.84. The predicted molar refractivity (Wildman–Crippen MR) is 92.6 cm³/mol. The van der Waals surface area contributed by atoms with Crippen LogP contribution in [0, 0.1) is 0 Å². The molecule has 1 fully saturated rings. The molecule has 1 aliphatic rings. The minimum atomic E-state index is -3.64. The average Bonchev–Trinajstić information content (AvgIpc) is 2.90. The smallest absolute Gasteiger partial charge is 0.338 e. The summed E-state index contributed by atoms with van der Waals surface area (Å²) in [5, 5.41) is 0. The second kappa shape index (κ2) is 7.53. The van der Waals surface area contributed by atoms with Crippen LogP contribution in [0.25, 0.3) is 0 Å². The zero-order chi connectivity index (χ0) is 18.7. The van der Waals surface area contributed by atoms with E-state index in [1.807, 2.05) is 0 Å². The number of hydrogen-bond acceptors (Lipinski definition) is 5. The van der Waals surface area contributed by atoms with Crippen molar-refractivity contribution in [2.24, 2.45) is 0 Å². The van der Waals surface area contributed by atoms with E-state index in [9.17, 15) is 18.0 Å². The number of carbonyl (C=O) groups is 2. The molecule has 1 aromatic rings. The highest BCUT2D eigenvalue weighted by Gasteiger charge is 2.23. The molecule has 25 heavy (non-hydrogen) atoms. The van der Waals surface area contributed by atoms with E-state index in [0.29, 0.717) is 19.5 Å². The second-order valence-corrected chi connectivity index (χ2v) is 8.68. The molecule has 8 heteroatoms. The molecule has 0 bridgehead atoms. The highest BCUT2D eigenvalue weighted by Crippen LogP contribution is 2.15. The zero-order valence-electron chi connectivity index (χ0n) is 14.7. The van der Waals surface area contributed by atoms with Crippen molar-refractivity contribution in [3.8, 4) is 0 Å². The van der Waals surface area contributed by atoms with Crippen molar-refractivity contribution in [3.05, 3.63) is 29.8 Å². The maximum Gasteiger partial charge on any atom is 0.338 e. The summed E-state index contributed by atoms with van der Waals surface area (Å²) in [6, 6.07) is 5.57. The molecular weight excluding hydrogens is 344 g/mol. The number of ether oxygens (including phenoxy) is 1. The van der Waals surface area contributed by atoms with Gasteiger partial charge in [-0.25, -0.2) is 17.9 Å². The predicted octanol–water partition coefficient (Wildman–Crippen LogP) is 1.54. The maximum atomic E-state index is 12.2. The summed E-state index contributed by atoms with van der Waals surface area (Å²) in [7, 11) is -3.64. The van der Waals surface area contributed by atoms with Gasteiger partial charge in [-0.05, 0) is 51.5 Å². The standard InChI is InChI=1S/C17H24N2O5S/c1-17(2,3)18-25(22,23)14-8-6-13(7-9-14)16(21)24-12-11-19-10-4-5-15(19)20/h6-9,18H,4-5,10-12H2,1-3H3. The van der Waals surface area contributed by atoms with Gasteiger partial charge in [-0.15, -0.1) is 0 Å². The molecular formula is C17H24N2O5S. The molecule has 138 valence electrons. The molecule has 1 aromatic carbocycles. The molecule has 1 saturated heterocycles. The molecule has 0 unspecified atom stereocenters. The van der Waals surface area contributed by atoms with Gasteiger partial charge in [0.15, 0.2) is 0 Å². The van der Waals surface area contributed by atoms with Crippen LogP contribution in [0.2, 0.25) is 0 Å². The fourth-order valence-electron chi connectivity index (χ4n) is 2.50. The molecule has 0 saturated carbocycles. The normalized spacial score (nSPS) is 15.5. The lowest BCUT2D eigenvalue weighted by Gasteiger charge is -2.20. The second-order valence-electron chi connectivity index (χ2n) is 7.00. The summed E-state index contributed by atoms with van der Waals surface area (Å²) in [5.74, 6) is -0.462. The highest BCUT2D eigenvalue weighted by molar-refractivity contribution is 7.89. The first-order valence-electron chi connectivity index (χ1n) is 8.17. The highest BCUT2D eigenvalue weighted by atomic mass is 32.2. The van der Waals surface area contributed by atoms with Crippen LogP contribution >= 0.6 is 0 Å². The van der Waals surface area contributed by atoms with Crippen LogP contribution in [0.15, 0.2) is 29.2 Å². The SMILES string of the molecule is CC(C)(C)NS(=O)(=O)c1ccc(C(=O)OCCN2CCCC2=O)cc1. The lowest BCUT2D eigenvalue weighted by molar-refractivity contribution is -0.128. The van der Waals surface area contributed by atoms with Crippen LogP contribution in [0.3, 0.4) is 0 Å². The van der Waals surface area contributed by atoms with E-state index in [1.165, 1.54) is 24.3 Å². The molecule has 1 amide bonds. The molecule has 1 aliphatic heterocycles. The largest absolute Gasteiger partial charge is 0.460 e. The van der Waals surface area contributed by atoms with Crippen molar-refractivity contribution in [3.63, 3.8) is 0 Å². The van der Waals surface area contributed by atoms with Crippen molar-refractivity contribution >= 4 is 21.9 Å². The Balaban J connectivity index is 1.92. The number of hydrogen-bond donors (Lipinski definition) is 1. The van der Waals surface area contributed by atoms with Gasteiger partial charge in [-0.1, -0.05) is 0 Å². The Morgan fingerprint density at radius 2 is 1.88 bits per heavy atom. The van der Waals surface area contributed by atoms with E-state index in [4.69, 9.17) is 4.74 Å². The number of nitrogens with one attached hydrogen (secondary N) is 1. The van der Waals surface area contributed by atoms with E-state index in [-0.39, 0.29) is 23.0 Å². The van der Waals surface area contributed by atoms with E-state index < -0.39 is 21.5 Å². The summed E-state index contributed by atoms with van der Waals surface area (Å²) in [4.78, 5) is 25.2. The minimum Gasteiger partial charge on any atom is -0.460 e. The van der Waals surface area contributed by atoms with Gasteiger partial charge in [-0.2, -0.15) is 0 Å². The number of nitrogens with zero attached hydrogens (tertiary/aromatic N) is 1. The molecule has 1 heterocycles. The van der Waals surface area contributed by atoms with Gasteiger partial charge in [0.25, 0.3) is 0 Å². The summed E-state index contributed by atoms with van der Waals surface area (Å²) < 4.78 is 32.1. The number of sulfonamides is 1. The maximum absolute atomic E-state index is 12.2. The Bertz CT molecular complexity index is 735. The number of amides is 1. The van der Waals surface area contributed by atoms with Crippen LogP contribution in [0.5, 0.6) is 0 Å². The third-order valence-corrected chi connectivity index (χ3v) is 5.38. The third-order valence-electron chi connectivity index (χ3n) is 3.61. The van der Waals surface area contributed by atoms with Gasteiger partial charge in [0.2, 0.25) is 15.9 Å². The van der Waals surface area contributed by atoms with Crippen molar-refractivity contribution in [1.82, 2.24) is 9.62 Å². The van der Waals surface area contributed by atoms with Gasteiger partial charge in [0.1, 0.15) is 6.61 Å². The summed E-state index contributed by atoms with van der Waals surface area (Å²) in [5.41, 5.74) is -0.328. The summed E-state index contributed by atoms with van der Waals surface area (Å²) in [6.07, 6.45) is 1.39. The van der Waals surface area contributed by atoms with E-state index in [0.717, 1.165) is 6.42 Å². The van der Waals surface area contributed by atoms with Gasteiger partial charge >= 0.3 is 5.97 Å². The zero-order valence-corrected chi connectivity index (χ0v) is 15.6. The van der Waals surface area contributed by atoms with Gasteiger partial charge < -0.3 is 9.64 Å². The molecule has 0 atom stereocenters. The molecule has 0 aliphatic carbocycles. The fourth-order valence-corrected chi connectivity index (χ4v) is 3.92. The topological polar surface area (TPSA) is 92.8 Å². The number of rotatable bonds is 6. The van der Waals surface area contributed by atoms with Crippen molar-refractivity contribution in [1.29, 1.82) is 0 Å². The van der Waals surface area contributed by atoms with E-state index in [1.54, 1.807) is 25.7 Å². The van der Waals surface area contributed by atoms with E-state index in [2.05, 4.69) is 4.72 Å². The Morgan fingerprint density at radius 1 is 1.24 bits per heavy atom. The first-order chi connectivity index (χ1) is 11.6. The Morgan fingerprint density at radius 3 is 2.40 bits per heavy atom. The summed E-state index contributed by atoms with van der Waals surface area (Å²) in [6.45, 7) is 6.46. The molecule has 0 spiro atoms. The van der Waals surface area contributed by atoms with Gasteiger partial charge in [-0.3, -0.25) is 4.79 Å². The van der Waals surface area contributed by atoms with Crippen LogP contribution < -0.4 is 4.72 Å². The molecule has 0 radical (unpaired) electrons. The van der Waals surface area contributed by atoms with Crippen LogP contribution in [0.1, 0.15) is 44.0 Å². The average molecular weight is 368 g/mol. The van der Waals surface area contributed by atoms with Gasteiger partial charge in [0.05, 0.1) is 17.0 Å². The first-order valence-corrected chi connectivity index (χ1v) is 9.66. The molecule has 0 aromatic heterocycles. The number of carbonyl (C=O) groups excluding carboxylic acids is 2. The molecule has 1 N–H and O–H groups in total. The number of benzene rings is 1. The van der Waals surface area contributed by atoms with E-state index >= 15 is 0 Å². The number of likely N-dealkylation sites (tertiary alicyclic amines) is 1. The number of esters is 1. The molecule has 2 rings (SSSR count). The van der Waals surface area contributed by atoms with Crippen LogP contribution in [0.4, 0.5) is 0 Å². The van der Waals surface area contributed by atoms with Crippen molar-refractivity contribution in [2.75, 3.05) is 19.7 Å². The minimum absolute atomic E-state index is 0.0805. The lowest BCUT2D eigenvalue weighted by atomic mass is 10.1.